The van der Waals surface area contributed by atoms with E-state index >= 15 is 0 Å². The monoisotopic (exact) mass is 255 g/mol. The van der Waals surface area contributed by atoms with Crippen LogP contribution in [0.4, 0.5) is 0 Å². The highest BCUT2D eigenvalue weighted by molar-refractivity contribution is 6.04. The molecule has 0 bridgehead atoms. The lowest BCUT2D eigenvalue weighted by Gasteiger charge is -2.15. The summed E-state index contributed by atoms with van der Waals surface area (Å²) < 4.78 is 0. The van der Waals surface area contributed by atoms with Gasteiger partial charge in [-0.15, -0.1) is 0 Å². The number of benzene rings is 2. The first-order chi connectivity index (χ1) is 9.40. The average molecular weight is 255 g/mol. The topological polar surface area (TPSA) is 51.0 Å². The van der Waals surface area contributed by atoms with E-state index in [1.54, 1.807) is 0 Å². The fourth-order valence-electron chi connectivity index (χ4n) is 2.17. The van der Waals surface area contributed by atoms with Crippen LogP contribution >= 0.6 is 0 Å². The standard InChI is InChI=1S/C15H13NO3/c17-19-15-13(11-7-3-1-4-8-11)16-18-14(15)12-9-5-2-6-10-12/h1-10,14-15,17H. The highest BCUT2D eigenvalue weighted by atomic mass is 17.1. The lowest BCUT2D eigenvalue weighted by Crippen LogP contribution is -2.26. The van der Waals surface area contributed by atoms with Crippen molar-refractivity contribution in [3.05, 3.63) is 71.8 Å². The molecule has 0 fully saturated rings. The molecule has 2 aromatic carbocycles. The van der Waals surface area contributed by atoms with Crippen molar-refractivity contribution in [2.45, 2.75) is 12.2 Å². The van der Waals surface area contributed by atoms with Gasteiger partial charge in [0.1, 0.15) is 5.71 Å². The van der Waals surface area contributed by atoms with Gasteiger partial charge in [-0.25, -0.2) is 4.89 Å². The third-order valence-corrected chi connectivity index (χ3v) is 3.12. The average Bonchev–Trinajstić information content (AvgIpc) is 2.93. The zero-order chi connectivity index (χ0) is 13.1. The van der Waals surface area contributed by atoms with Gasteiger partial charge in [-0.3, -0.25) is 5.26 Å². The Balaban J connectivity index is 1.90. The zero-order valence-electron chi connectivity index (χ0n) is 10.1. The third kappa shape index (κ3) is 2.23. The molecule has 0 saturated carbocycles. The molecule has 4 nitrogen and oxygen atoms in total. The van der Waals surface area contributed by atoms with Gasteiger partial charge in [-0.05, 0) is 5.56 Å². The Morgan fingerprint density at radius 3 is 2.21 bits per heavy atom. The predicted molar refractivity (Wildman–Crippen MR) is 70.7 cm³/mol. The van der Waals surface area contributed by atoms with E-state index in [0.717, 1.165) is 11.1 Å². The van der Waals surface area contributed by atoms with Gasteiger partial charge in [0.2, 0.25) is 0 Å². The molecule has 3 rings (SSSR count). The fourth-order valence-corrected chi connectivity index (χ4v) is 2.17. The van der Waals surface area contributed by atoms with Crippen molar-refractivity contribution in [3.63, 3.8) is 0 Å². The molecule has 0 saturated heterocycles. The lowest BCUT2D eigenvalue weighted by atomic mass is 9.97. The predicted octanol–water partition coefficient (Wildman–Crippen LogP) is 3.02. The zero-order valence-corrected chi connectivity index (χ0v) is 10.1. The molecule has 2 atom stereocenters. The highest BCUT2D eigenvalue weighted by Gasteiger charge is 2.37. The highest BCUT2D eigenvalue weighted by Crippen LogP contribution is 2.31. The van der Waals surface area contributed by atoms with Gasteiger partial charge in [0.05, 0.1) is 0 Å². The molecule has 0 aromatic heterocycles. The minimum Gasteiger partial charge on any atom is -0.384 e. The Morgan fingerprint density at radius 2 is 1.58 bits per heavy atom. The summed E-state index contributed by atoms with van der Waals surface area (Å²) in [7, 11) is 0. The molecule has 1 aliphatic heterocycles. The molecule has 0 radical (unpaired) electrons. The van der Waals surface area contributed by atoms with Crippen molar-refractivity contribution in [2.24, 2.45) is 5.16 Å². The second-order valence-corrected chi connectivity index (χ2v) is 4.31. The molecule has 0 spiro atoms. The molecule has 0 amide bonds. The van der Waals surface area contributed by atoms with Crippen molar-refractivity contribution in [1.82, 2.24) is 0 Å². The Kier molecular flexibility index (Phi) is 3.27. The molecule has 4 heteroatoms. The van der Waals surface area contributed by atoms with Crippen LogP contribution in [0.1, 0.15) is 17.2 Å². The van der Waals surface area contributed by atoms with Gasteiger partial charge in [0.15, 0.2) is 12.2 Å². The summed E-state index contributed by atoms with van der Waals surface area (Å²) in [4.78, 5) is 10.0. The second kappa shape index (κ2) is 5.22. The molecule has 96 valence electrons. The summed E-state index contributed by atoms with van der Waals surface area (Å²) in [6.45, 7) is 0. The van der Waals surface area contributed by atoms with Gasteiger partial charge in [0.25, 0.3) is 0 Å². The van der Waals surface area contributed by atoms with Crippen LogP contribution in [0, 0.1) is 0 Å². The summed E-state index contributed by atoms with van der Waals surface area (Å²) in [6.07, 6.45) is -1.05. The van der Waals surface area contributed by atoms with Crippen LogP contribution in [-0.2, 0) is 9.73 Å². The van der Waals surface area contributed by atoms with Crippen molar-refractivity contribution < 1.29 is 15.0 Å². The van der Waals surface area contributed by atoms with Crippen LogP contribution in [-0.4, -0.2) is 17.1 Å². The summed E-state index contributed by atoms with van der Waals surface area (Å²) in [6, 6.07) is 19.1. The minimum absolute atomic E-state index is 0.429. The van der Waals surface area contributed by atoms with E-state index in [4.69, 9.17) is 10.1 Å². The minimum atomic E-state index is -0.621. The first-order valence-corrected chi connectivity index (χ1v) is 6.04. The van der Waals surface area contributed by atoms with Crippen LogP contribution < -0.4 is 0 Å². The van der Waals surface area contributed by atoms with Gasteiger partial charge >= 0.3 is 0 Å². The van der Waals surface area contributed by atoms with Crippen molar-refractivity contribution in [1.29, 1.82) is 0 Å². The first-order valence-electron chi connectivity index (χ1n) is 6.04. The number of hydrogen-bond acceptors (Lipinski definition) is 4. The maximum absolute atomic E-state index is 9.17. The number of nitrogens with zero attached hydrogens (tertiary/aromatic N) is 1. The molecule has 2 unspecified atom stereocenters. The fraction of sp³-hybridized carbons (Fsp3) is 0.133. The summed E-state index contributed by atoms with van der Waals surface area (Å²) in [5.41, 5.74) is 2.38. The molecule has 1 aliphatic rings. The Labute approximate surface area is 110 Å². The Bertz CT molecular complexity index is 568. The quantitative estimate of drug-likeness (QED) is 0.677. The normalized spacial score (nSPS) is 21.8. The Morgan fingerprint density at radius 1 is 0.947 bits per heavy atom. The molecule has 1 N–H and O–H groups in total. The molecular formula is C15H13NO3. The van der Waals surface area contributed by atoms with Gasteiger partial charge in [-0.2, -0.15) is 0 Å². The van der Waals surface area contributed by atoms with E-state index in [1.807, 2.05) is 60.7 Å². The van der Waals surface area contributed by atoms with Crippen LogP contribution in [0.5, 0.6) is 0 Å². The van der Waals surface area contributed by atoms with E-state index < -0.39 is 12.2 Å². The first kappa shape index (κ1) is 11.9. The number of hydrogen-bond donors (Lipinski definition) is 1. The van der Waals surface area contributed by atoms with Crippen LogP contribution in [0.15, 0.2) is 65.8 Å². The largest absolute Gasteiger partial charge is 0.384 e. The summed E-state index contributed by atoms with van der Waals surface area (Å²) in [5, 5.41) is 13.2. The van der Waals surface area contributed by atoms with Gasteiger partial charge in [-0.1, -0.05) is 65.8 Å². The van der Waals surface area contributed by atoms with E-state index in [0.29, 0.717) is 5.71 Å². The van der Waals surface area contributed by atoms with Crippen LogP contribution in [0.25, 0.3) is 0 Å². The van der Waals surface area contributed by atoms with Crippen LogP contribution in [0.2, 0.25) is 0 Å². The van der Waals surface area contributed by atoms with E-state index in [1.165, 1.54) is 0 Å². The van der Waals surface area contributed by atoms with E-state index in [2.05, 4.69) is 10.0 Å². The molecule has 19 heavy (non-hydrogen) atoms. The van der Waals surface area contributed by atoms with Crippen molar-refractivity contribution in [2.75, 3.05) is 0 Å². The van der Waals surface area contributed by atoms with Crippen LogP contribution in [0.3, 0.4) is 0 Å². The van der Waals surface area contributed by atoms with E-state index in [9.17, 15) is 0 Å². The van der Waals surface area contributed by atoms with Crippen molar-refractivity contribution >= 4 is 5.71 Å². The molecule has 0 aliphatic carbocycles. The lowest BCUT2D eigenvalue weighted by molar-refractivity contribution is -0.275. The van der Waals surface area contributed by atoms with Gasteiger partial charge in [0, 0.05) is 5.56 Å². The smallest absolute Gasteiger partial charge is 0.187 e. The number of oxime groups is 1. The Hall–Kier alpha value is -2.17. The number of rotatable bonds is 3. The van der Waals surface area contributed by atoms with Crippen molar-refractivity contribution in [3.8, 4) is 0 Å². The van der Waals surface area contributed by atoms with E-state index in [-0.39, 0.29) is 0 Å². The summed E-state index contributed by atoms with van der Waals surface area (Å²) in [5.74, 6) is 0. The SMILES string of the molecule is OOC1C(c2ccccc2)=NOC1c1ccccc1. The summed E-state index contributed by atoms with van der Waals surface area (Å²) >= 11 is 0. The maximum Gasteiger partial charge on any atom is 0.187 e. The second-order valence-electron chi connectivity index (χ2n) is 4.31. The third-order valence-electron chi connectivity index (χ3n) is 3.12. The molecule has 1 heterocycles. The maximum atomic E-state index is 9.17. The molecule has 2 aromatic rings. The molecular weight excluding hydrogens is 242 g/mol. The van der Waals surface area contributed by atoms with Gasteiger partial charge < -0.3 is 4.84 Å².